The summed E-state index contributed by atoms with van der Waals surface area (Å²) < 4.78 is 0. The maximum absolute atomic E-state index is 12.8. The predicted octanol–water partition coefficient (Wildman–Crippen LogP) is 7.09. The van der Waals surface area contributed by atoms with Crippen molar-refractivity contribution in [1.29, 1.82) is 0 Å². The van der Waals surface area contributed by atoms with Crippen LogP contribution in [0.5, 0.6) is 0 Å². The number of benzene rings is 3. The zero-order chi connectivity index (χ0) is 30.9. The molecule has 0 bridgehead atoms. The number of carbonyl (C=O) groups is 3. The predicted molar refractivity (Wildman–Crippen MR) is 181 cm³/mol. The molecule has 2 heterocycles. The van der Waals surface area contributed by atoms with Crippen molar-refractivity contribution in [2.24, 2.45) is 0 Å². The number of nitrogens with zero attached hydrogens (tertiary/aromatic N) is 1. The monoisotopic (exact) mass is 617 g/mol. The number of urea groups is 1. The lowest BCUT2D eigenvalue weighted by Crippen LogP contribution is -2.58. The average Bonchev–Trinajstić information content (AvgIpc) is 2.98. The molecule has 2 saturated heterocycles. The summed E-state index contributed by atoms with van der Waals surface area (Å²) >= 11 is 0. The summed E-state index contributed by atoms with van der Waals surface area (Å²) in [7, 11) is 0. The van der Waals surface area contributed by atoms with Gasteiger partial charge in [-0.2, -0.15) is 0 Å². The fraction of sp³-hybridized carbons (Fsp3) is 0.432. The lowest BCUT2D eigenvalue weighted by molar-refractivity contribution is -0.126. The van der Waals surface area contributed by atoms with Crippen LogP contribution < -0.4 is 10.6 Å². The van der Waals surface area contributed by atoms with Gasteiger partial charge in [0.25, 0.3) is 0 Å². The van der Waals surface area contributed by atoms with Gasteiger partial charge in [-0.25, -0.2) is 4.79 Å². The van der Waals surface area contributed by atoms with Gasteiger partial charge in [-0.3, -0.25) is 9.59 Å². The second-order valence-corrected chi connectivity index (χ2v) is 13.1. The number of nitrogens with one attached hydrogen (secondary N) is 2. The zero-order valence-corrected chi connectivity index (χ0v) is 27.4. The topological polar surface area (TPSA) is 78.5 Å². The van der Waals surface area contributed by atoms with E-state index in [0.29, 0.717) is 31.7 Å². The van der Waals surface area contributed by atoms with E-state index in [1.807, 2.05) is 85.5 Å². The van der Waals surface area contributed by atoms with E-state index in [0.717, 1.165) is 36.9 Å². The van der Waals surface area contributed by atoms with Crippen LogP contribution in [0.2, 0.25) is 0 Å². The van der Waals surface area contributed by atoms with Crippen molar-refractivity contribution < 1.29 is 14.4 Å². The van der Waals surface area contributed by atoms with Crippen molar-refractivity contribution in [1.82, 2.24) is 15.5 Å². The van der Waals surface area contributed by atoms with E-state index < -0.39 is 5.54 Å². The van der Waals surface area contributed by atoms with Gasteiger partial charge in [0.1, 0.15) is 11.6 Å². The van der Waals surface area contributed by atoms with Crippen LogP contribution in [-0.4, -0.2) is 53.2 Å². The molecule has 5 rings (SSSR count). The summed E-state index contributed by atoms with van der Waals surface area (Å²) in [6.45, 7) is 9.95. The third-order valence-electron chi connectivity index (χ3n) is 8.54. The fourth-order valence-electron chi connectivity index (χ4n) is 6.00. The van der Waals surface area contributed by atoms with Crippen LogP contribution >= 0.6 is 12.4 Å². The lowest BCUT2D eigenvalue weighted by Gasteiger charge is -2.44. The van der Waals surface area contributed by atoms with E-state index in [4.69, 9.17) is 0 Å². The molecule has 7 heteroatoms. The highest BCUT2D eigenvalue weighted by atomic mass is 35.5. The van der Waals surface area contributed by atoms with Crippen LogP contribution in [0.4, 0.5) is 4.79 Å². The molecule has 0 spiro atoms. The minimum atomic E-state index is -0.462. The summed E-state index contributed by atoms with van der Waals surface area (Å²) in [5, 5.41) is 6.47. The number of ketones is 2. The van der Waals surface area contributed by atoms with E-state index in [2.05, 4.69) is 48.7 Å². The van der Waals surface area contributed by atoms with Gasteiger partial charge in [-0.1, -0.05) is 91.0 Å². The number of aryl methyl sites for hydroxylation is 1. The Morgan fingerprint density at radius 1 is 0.773 bits per heavy atom. The van der Waals surface area contributed by atoms with Crippen molar-refractivity contribution in [3.8, 4) is 0 Å². The van der Waals surface area contributed by atoms with Crippen molar-refractivity contribution in [3.05, 3.63) is 108 Å². The normalized spacial score (nSPS) is 20.5. The number of carbonyl (C=O) groups excluding carboxylic acids is 3. The highest BCUT2D eigenvalue weighted by molar-refractivity contribution is 5.90. The van der Waals surface area contributed by atoms with E-state index in [1.165, 1.54) is 5.56 Å². The van der Waals surface area contributed by atoms with E-state index in [-0.39, 0.29) is 41.6 Å². The first-order chi connectivity index (χ1) is 20.6. The van der Waals surface area contributed by atoms with E-state index in [9.17, 15) is 14.4 Å². The molecular formula is C37H48ClN3O3. The minimum absolute atomic E-state index is 0. The second-order valence-electron chi connectivity index (χ2n) is 13.1. The van der Waals surface area contributed by atoms with Crippen LogP contribution in [0.25, 0.3) is 0 Å². The SMILES string of the molecule is CC1(C)CC(=O)C(c2ccccc2)CN1.CC1(C)CC(=O)C(c2ccccc2)CN1C(=O)NCCCCc1ccccc1.Cl. The molecule has 0 aliphatic carbocycles. The van der Waals surface area contributed by atoms with Crippen LogP contribution in [0.3, 0.4) is 0 Å². The molecule has 0 saturated carbocycles. The standard InChI is InChI=1S/C24H30N2O2.C13H17NO.ClH/c1-24(2)17-22(27)21(20-14-7-4-8-15-20)18-26(24)23(28)25-16-10-9-13-19-11-5-3-6-12-19;1-13(2)8-12(15)11(9-14-13)10-6-4-3-5-7-10;/h3-8,11-12,14-15,21H,9-10,13,16-18H2,1-2H3,(H,25,28);3-7,11,14H,8-9H2,1-2H3;1H. The zero-order valence-electron chi connectivity index (χ0n) is 26.6. The Morgan fingerprint density at radius 2 is 1.30 bits per heavy atom. The van der Waals surface area contributed by atoms with Crippen LogP contribution in [0.1, 0.15) is 81.9 Å². The quantitative estimate of drug-likeness (QED) is 0.278. The number of amides is 2. The number of halogens is 1. The van der Waals surface area contributed by atoms with Gasteiger partial charge in [-0.15, -0.1) is 12.4 Å². The largest absolute Gasteiger partial charge is 0.338 e. The number of unbranched alkanes of at least 4 members (excludes halogenated alkanes) is 1. The minimum Gasteiger partial charge on any atom is -0.338 e. The van der Waals surface area contributed by atoms with Gasteiger partial charge in [0, 0.05) is 43.6 Å². The van der Waals surface area contributed by atoms with Crippen LogP contribution in [-0.2, 0) is 16.0 Å². The number of hydrogen-bond donors (Lipinski definition) is 2. The summed E-state index contributed by atoms with van der Waals surface area (Å²) in [6.07, 6.45) is 4.01. The van der Waals surface area contributed by atoms with Crippen molar-refractivity contribution in [2.75, 3.05) is 19.6 Å². The van der Waals surface area contributed by atoms with Gasteiger partial charge in [0.05, 0.1) is 11.8 Å². The first-order valence-electron chi connectivity index (χ1n) is 15.6. The highest BCUT2D eigenvalue weighted by Crippen LogP contribution is 2.33. The molecule has 2 atom stereocenters. The maximum atomic E-state index is 12.8. The Bertz CT molecular complexity index is 1350. The van der Waals surface area contributed by atoms with Crippen LogP contribution in [0, 0.1) is 0 Å². The maximum Gasteiger partial charge on any atom is 0.317 e. The smallest absolute Gasteiger partial charge is 0.317 e. The van der Waals surface area contributed by atoms with Gasteiger partial charge < -0.3 is 15.5 Å². The molecule has 2 fully saturated rings. The number of rotatable bonds is 7. The van der Waals surface area contributed by atoms with Crippen LogP contribution in [0.15, 0.2) is 91.0 Å². The van der Waals surface area contributed by atoms with Gasteiger partial charge >= 0.3 is 6.03 Å². The Hall–Kier alpha value is -3.48. The molecule has 3 aromatic carbocycles. The highest BCUT2D eigenvalue weighted by Gasteiger charge is 2.42. The van der Waals surface area contributed by atoms with Gasteiger partial charge in [0.2, 0.25) is 0 Å². The third kappa shape index (κ3) is 9.76. The molecule has 3 aromatic rings. The molecule has 0 aromatic heterocycles. The fourth-order valence-corrected chi connectivity index (χ4v) is 6.00. The van der Waals surface area contributed by atoms with Gasteiger partial charge in [0.15, 0.2) is 0 Å². The molecule has 2 unspecified atom stereocenters. The lowest BCUT2D eigenvalue weighted by atomic mass is 9.80. The molecule has 2 amide bonds. The van der Waals surface area contributed by atoms with Crippen molar-refractivity contribution in [2.45, 2.75) is 82.7 Å². The Labute approximate surface area is 269 Å². The molecule has 2 aliphatic heterocycles. The molecule has 0 radical (unpaired) electrons. The van der Waals surface area contributed by atoms with Gasteiger partial charge in [-0.05, 0) is 63.6 Å². The molecule has 2 aliphatic rings. The molecule has 2 N–H and O–H groups in total. The Kier molecular flexibility index (Phi) is 12.7. The third-order valence-corrected chi connectivity index (χ3v) is 8.54. The van der Waals surface area contributed by atoms with E-state index >= 15 is 0 Å². The Balaban J connectivity index is 0.000000279. The molecule has 236 valence electrons. The first kappa shape index (κ1) is 35.0. The first-order valence-corrected chi connectivity index (χ1v) is 15.6. The molecule has 44 heavy (non-hydrogen) atoms. The second kappa shape index (κ2) is 16.0. The number of hydrogen-bond acceptors (Lipinski definition) is 4. The van der Waals surface area contributed by atoms with Crippen molar-refractivity contribution >= 4 is 30.0 Å². The molecular weight excluding hydrogens is 570 g/mol. The summed E-state index contributed by atoms with van der Waals surface area (Å²) in [5.74, 6) is 0.366. The number of likely N-dealkylation sites (tertiary alicyclic amines) is 1. The number of piperidine rings is 2. The summed E-state index contributed by atoms with van der Waals surface area (Å²) in [4.78, 5) is 39.3. The number of Topliss-reactive ketones (excluding diaryl/α,β-unsaturated/α-hetero) is 2. The summed E-state index contributed by atoms with van der Waals surface area (Å²) in [5.41, 5.74) is 2.95. The average molecular weight is 618 g/mol. The molecule has 6 nitrogen and oxygen atoms in total. The summed E-state index contributed by atoms with van der Waals surface area (Å²) in [6, 6.07) is 30.1. The Morgan fingerprint density at radius 3 is 1.86 bits per heavy atom. The van der Waals surface area contributed by atoms with E-state index in [1.54, 1.807) is 0 Å². The van der Waals surface area contributed by atoms with Crippen molar-refractivity contribution in [3.63, 3.8) is 0 Å².